The van der Waals surface area contributed by atoms with E-state index < -0.39 is 21.2 Å². The number of carbonyl (C=O) groups excluding carboxylic acids is 1. The van der Waals surface area contributed by atoms with Crippen LogP contribution in [-0.2, 0) is 31.3 Å². The van der Waals surface area contributed by atoms with Gasteiger partial charge in [0, 0.05) is 48.1 Å². The van der Waals surface area contributed by atoms with Gasteiger partial charge in [-0.15, -0.1) is 0 Å². The molecule has 1 amide bonds. The maximum Gasteiger partial charge on any atom is 0.264 e. The van der Waals surface area contributed by atoms with Crippen LogP contribution in [-0.4, -0.2) is 70.9 Å². The topological polar surface area (TPSA) is 106 Å². The van der Waals surface area contributed by atoms with Crippen molar-refractivity contribution in [2.45, 2.75) is 94.4 Å². The molecule has 0 aromatic heterocycles. The molecule has 3 fully saturated rings. The molecule has 2 aromatic rings. The monoisotopic (exact) mass is 697 g/mol. The number of anilines is 1. The Bertz CT molecular complexity index is 1660. The number of sulfonamides is 1. The number of nitrogens with one attached hydrogen (secondary N) is 2. The van der Waals surface area contributed by atoms with Gasteiger partial charge in [-0.2, -0.15) is 0 Å². The van der Waals surface area contributed by atoms with E-state index in [0.717, 1.165) is 94.0 Å². The average Bonchev–Trinajstić information content (AvgIpc) is 3.62. The van der Waals surface area contributed by atoms with Gasteiger partial charge in [0.1, 0.15) is 18.0 Å². The Morgan fingerprint density at radius 3 is 2.54 bits per heavy atom. The third-order valence-corrected chi connectivity index (χ3v) is 14.7. The van der Waals surface area contributed by atoms with Gasteiger partial charge in [-0.25, -0.2) is 13.1 Å². The Morgan fingerprint density at radius 1 is 0.958 bits per heavy atom. The average molecular weight is 698 g/mol. The molecule has 4 aliphatic heterocycles. The van der Waals surface area contributed by atoms with Crippen molar-refractivity contribution in [2.75, 3.05) is 37.7 Å². The fraction of sp³-hybridized carbons (Fsp3) is 0.649. The van der Waals surface area contributed by atoms with Crippen molar-refractivity contribution in [3.05, 3.63) is 58.1 Å². The van der Waals surface area contributed by atoms with Crippen molar-refractivity contribution < 1.29 is 27.4 Å². The van der Waals surface area contributed by atoms with Crippen LogP contribution in [0.5, 0.6) is 5.75 Å². The van der Waals surface area contributed by atoms with Gasteiger partial charge >= 0.3 is 0 Å². The van der Waals surface area contributed by atoms with E-state index >= 15 is 0 Å². The number of rotatable bonds is 1. The SMILES string of the molecule is C[C@@H]1[C@@H](C)CCC[C@H]([C@@H]2O[C@H]3CNC[C@H]3O2)[C@@H]2CC[C@H]2CN2C[C@@]3(CCCc4cc(Cl)ccc43)COc3ccc(cc32)C(=O)NS1(=O)=O. The fourth-order valence-electron chi connectivity index (χ4n) is 9.45. The molecular weight excluding hydrogens is 650 g/mol. The zero-order valence-electron chi connectivity index (χ0n) is 28.0. The van der Waals surface area contributed by atoms with Crippen LogP contribution >= 0.6 is 11.6 Å². The van der Waals surface area contributed by atoms with Crippen LogP contribution in [0.2, 0.25) is 5.02 Å². The first kappa shape index (κ1) is 32.8. The normalized spacial score (nSPS) is 37.7. The fourth-order valence-corrected chi connectivity index (χ4v) is 11.0. The maximum atomic E-state index is 13.5. The van der Waals surface area contributed by atoms with Crippen LogP contribution in [0.25, 0.3) is 0 Å². The number of amides is 1. The summed E-state index contributed by atoms with van der Waals surface area (Å²) in [6.45, 7) is 7.41. The summed E-state index contributed by atoms with van der Waals surface area (Å²) in [4.78, 5) is 16.0. The van der Waals surface area contributed by atoms with E-state index in [1.165, 1.54) is 11.1 Å². The largest absolute Gasteiger partial charge is 0.490 e. The summed E-state index contributed by atoms with van der Waals surface area (Å²) >= 11 is 6.47. The molecule has 2 saturated heterocycles. The van der Waals surface area contributed by atoms with Crippen LogP contribution in [0.1, 0.15) is 80.3 Å². The summed E-state index contributed by atoms with van der Waals surface area (Å²) in [5, 5.41) is 3.43. The third kappa shape index (κ3) is 5.93. The minimum atomic E-state index is -3.90. The van der Waals surface area contributed by atoms with Crippen molar-refractivity contribution in [1.29, 1.82) is 0 Å². The lowest BCUT2D eigenvalue weighted by Gasteiger charge is -2.47. The van der Waals surface area contributed by atoms with Crippen molar-refractivity contribution in [1.82, 2.24) is 10.0 Å². The van der Waals surface area contributed by atoms with Crippen molar-refractivity contribution in [2.24, 2.45) is 23.7 Å². The van der Waals surface area contributed by atoms with E-state index in [1.807, 2.05) is 25.1 Å². The van der Waals surface area contributed by atoms with E-state index in [0.29, 0.717) is 24.0 Å². The number of benzene rings is 2. The van der Waals surface area contributed by atoms with Gasteiger partial charge in [-0.1, -0.05) is 31.0 Å². The first-order valence-corrected chi connectivity index (χ1v) is 19.9. The van der Waals surface area contributed by atoms with Gasteiger partial charge in [0.2, 0.25) is 10.0 Å². The summed E-state index contributed by atoms with van der Waals surface area (Å²) in [6, 6.07) is 11.7. The molecule has 1 saturated carbocycles. The molecule has 2 aromatic carbocycles. The second-order valence-electron chi connectivity index (χ2n) is 15.4. The van der Waals surface area contributed by atoms with Crippen LogP contribution in [0.4, 0.5) is 5.69 Å². The molecule has 11 heteroatoms. The summed E-state index contributed by atoms with van der Waals surface area (Å²) in [5.41, 5.74) is 3.50. The highest BCUT2D eigenvalue weighted by molar-refractivity contribution is 7.90. The second-order valence-corrected chi connectivity index (χ2v) is 17.9. The molecule has 9 atom stereocenters. The Balaban J connectivity index is 1.18. The van der Waals surface area contributed by atoms with Crippen LogP contribution in [0, 0.1) is 23.7 Å². The second kappa shape index (κ2) is 12.7. The standard InChI is InChI=1S/C37H48ClN3O6S/c1-22-5-3-7-29(36-46-33-17-39-18-34(33)47-36)28-11-8-26(28)19-41-20-37(14-4-6-24-15-27(38)10-12-30(24)37)21-45-32-13-9-25(16-31(32)41)35(42)40-48(43,44)23(22)2/h9-10,12-13,15-16,22-23,26,28-29,33-34,36,39H,3-8,11,14,17-21H2,1-2H3,(H,40,42)/t22-,23+,26-,28+,29-,33-,34+,36+,37-/m0/s1. The molecule has 2 N–H and O–H groups in total. The Kier molecular flexibility index (Phi) is 8.72. The Labute approximate surface area is 289 Å². The van der Waals surface area contributed by atoms with Gasteiger partial charge in [0.15, 0.2) is 6.29 Å². The predicted octanol–water partition coefficient (Wildman–Crippen LogP) is 5.44. The quantitative estimate of drug-likeness (QED) is 0.406. The molecule has 8 rings (SSSR count). The number of nitrogens with zero attached hydrogens (tertiary/aromatic N) is 1. The number of hydrogen-bond donors (Lipinski definition) is 2. The highest BCUT2D eigenvalue weighted by atomic mass is 35.5. The number of ether oxygens (including phenoxy) is 3. The van der Waals surface area contributed by atoms with Crippen LogP contribution < -0.4 is 19.7 Å². The van der Waals surface area contributed by atoms with Crippen LogP contribution in [0.3, 0.4) is 0 Å². The smallest absolute Gasteiger partial charge is 0.264 e. The van der Waals surface area contributed by atoms with Crippen molar-refractivity contribution in [3.63, 3.8) is 0 Å². The Morgan fingerprint density at radius 2 is 1.77 bits per heavy atom. The lowest BCUT2D eigenvalue weighted by Crippen LogP contribution is -2.50. The first-order valence-electron chi connectivity index (χ1n) is 18.0. The molecule has 0 radical (unpaired) electrons. The van der Waals surface area contributed by atoms with E-state index in [4.69, 9.17) is 25.8 Å². The van der Waals surface area contributed by atoms with Crippen molar-refractivity contribution in [3.8, 4) is 5.75 Å². The lowest BCUT2D eigenvalue weighted by molar-refractivity contribution is -0.141. The Hall–Kier alpha value is -2.37. The summed E-state index contributed by atoms with van der Waals surface area (Å²) in [7, 11) is -3.90. The molecule has 4 heterocycles. The van der Waals surface area contributed by atoms with E-state index in [1.54, 1.807) is 13.0 Å². The van der Waals surface area contributed by atoms with E-state index in [9.17, 15) is 13.2 Å². The van der Waals surface area contributed by atoms with Crippen LogP contribution in [0.15, 0.2) is 36.4 Å². The predicted molar refractivity (Wildman–Crippen MR) is 185 cm³/mol. The van der Waals surface area contributed by atoms with Gasteiger partial charge in [-0.3, -0.25) is 4.79 Å². The zero-order chi connectivity index (χ0) is 33.2. The molecule has 1 spiro atoms. The molecule has 9 nitrogen and oxygen atoms in total. The van der Waals surface area contributed by atoms with Gasteiger partial charge in [-0.05, 0) is 111 Å². The summed E-state index contributed by atoms with van der Waals surface area (Å²) in [5.74, 6) is 1.11. The van der Waals surface area contributed by atoms with Gasteiger partial charge < -0.3 is 24.4 Å². The molecule has 6 aliphatic rings. The molecule has 0 unspecified atom stereocenters. The van der Waals surface area contributed by atoms with Gasteiger partial charge in [0.25, 0.3) is 5.91 Å². The third-order valence-electron chi connectivity index (χ3n) is 12.6. The van der Waals surface area contributed by atoms with Gasteiger partial charge in [0.05, 0.1) is 17.5 Å². The molecular formula is C37H48ClN3O6S. The number of hydrogen-bond acceptors (Lipinski definition) is 8. The van der Waals surface area contributed by atoms with E-state index in [-0.39, 0.29) is 35.7 Å². The number of carbonyl (C=O) groups is 1. The van der Waals surface area contributed by atoms with Crippen molar-refractivity contribution >= 4 is 33.2 Å². The summed E-state index contributed by atoms with van der Waals surface area (Å²) < 4.78 is 49.2. The summed E-state index contributed by atoms with van der Waals surface area (Å²) in [6.07, 6.45) is 7.77. The highest BCUT2D eigenvalue weighted by Crippen LogP contribution is 2.49. The number of fused-ring (bicyclic) bond motifs is 5. The molecule has 48 heavy (non-hydrogen) atoms. The molecule has 2 aliphatic carbocycles. The zero-order valence-corrected chi connectivity index (χ0v) is 29.5. The minimum Gasteiger partial charge on any atom is -0.490 e. The number of halogens is 1. The highest BCUT2D eigenvalue weighted by Gasteiger charge is 2.49. The molecule has 260 valence electrons. The lowest BCUT2D eigenvalue weighted by atomic mass is 9.64. The minimum absolute atomic E-state index is 0.0920. The van der Waals surface area contributed by atoms with E-state index in [2.05, 4.69) is 27.1 Å². The number of aryl methyl sites for hydroxylation is 1. The first-order chi connectivity index (χ1) is 23.1. The molecule has 2 bridgehead atoms. The maximum absolute atomic E-state index is 13.5.